The first kappa shape index (κ1) is 18.3. The van der Waals surface area contributed by atoms with Gasteiger partial charge in [-0.05, 0) is 36.6 Å². The molecule has 0 aliphatic carbocycles. The van der Waals surface area contributed by atoms with Crippen LogP contribution in [0.25, 0.3) is 0 Å². The molecular weight excluding hydrogens is 326 g/mol. The molecule has 0 radical (unpaired) electrons. The fourth-order valence-electron chi connectivity index (χ4n) is 3.18. The lowest BCUT2D eigenvalue weighted by Crippen LogP contribution is -2.42. The Bertz CT molecular complexity index is 785. The number of aryl methyl sites for hydroxylation is 2. The molecule has 1 heterocycles. The van der Waals surface area contributed by atoms with Gasteiger partial charge in [0.25, 0.3) is 0 Å². The van der Waals surface area contributed by atoms with Gasteiger partial charge in [-0.2, -0.15) is 0 Å². The number of ether oxygens (including phenoxy) is 1. The Balaban J connectivity index is 1.56. The van der Waals surface area contributed by atoms with Gasteiger partial charge in [0.2, 0.25) is 5.91 Å². The summed E-state index contributed by atoms with van der Waals surface area (Å²) in [6, 6.07) is 15.6. The lowest BCUT2D eigenvalue weighted by Gasteiger charge is -2.33. The maximum absolute atomic E-state index is 12.5. The minimum absolute atomic E-state index is 0.0198. The van der Waals surface area contributed by atoms with Crippen molar-refractivity contribution in [3.63, 3.8) is 0 Å². The van der Waals surface area contributed by atoms with Crippen LogP contribution in [0.2, 0.25) is 0 Å². The number of Topliss-reactive ketones (excluding diaryl/α,β-unsaturated/α-hetero) is 1. The summed E-state index contributed by atoms with van der Waals surface area (Å²) in [5, 5.41) is 0. The van der Waals surface area contributed by atoms with Gasteiger partial charge in [-0.15, -0.1) is 0 Å². The third-order valence-electron chi connectivity index (χ3n) is 4.99. The first-order chi connectivity index (χ1) is 12.5. The Morgan fingerprint density at radius 2 is 1.81 bits per heavy atom. The molecule has 2 aromatic rings. The number of carbonyl (C=O) groups excluding carboxylic acids is 2. The number of hydrogen-bond donors (Lipinski definition) is 0. The Morgan fingerprint density at radius 3 is 2.54 bits per heavy atom. The molecule has 0 N–H and O–H groups in total. The summed E-state index contributed by atoms with van der Waals surface area (Å²) in [5.41, 5.74) is 4.03. The van der Waals surface area contributed by atoms with E-state index >= 15 is 0 Å². The number of morpholine rings is 1. The molecule has 3 rings (SSSR count). The highest BCUT2D eigenvalue weighted by atomic mass is 16.5. The highest BCUT2D eigenvalue weighted by Crippen LogP contribution is 2.22. The van der Waals surface area contributed by atoms with Crippen LogP contribution < -0.4 is 0 Å². The molecule has 26 heavy (non-hydrogen) atoms. The van der Waals surface area contributed by atoms with Crippen LogP contribution in [0.3, 0.4) is 0 Å². The van der Waals surface area contributed by atoms with E-state index in [-0.39, 0.29) is 30.6 Å². The second kappa shape index (κ2) is 8.28. The minimum atomic E-state index is -0.0932. The zero-order valence-corrected chi connectivity index (χ0v) is 15.4. The van der Waals surface area contributed by atoms with Gasteiger partial charge in [0.05, 0.1) is 13.2 Å². The molecule has 0 aromatic heterocycles. The van der Waals surface area contributed by atoms with Crippen LogP contribution in [0.4, 0.5) is 0 Å². The summed E-state index contributed by atoms with van der Waals surface area (Å²) in [4.78, 5) is 26.8. The molecule has 1 atom stereocenters. The maximum atomic E-state index is 12.5. The summed E-state index contributed by atoms with van der Waals surface area (Å²) in [5.74, 6) is 0.0423. The predicted molar refractivity (Wildman–Crippen MR) is 101 cm³/mol. The van der Waals surface area contributed by atoms with Crippen LogP contribution in [0.1, 0.15) is 46.0 Å². The fraction of sp³-hybridized carbons (Fsp3) is 0.364. The summed E-state index contributed by atoms with van der Waals surface area (Å²) in [7, 11) is 0. The third kappa shape index (κ3) is 4.38. The zero-order valence-electron chi connectivity index (χ0n) is 15.4. The number of ketones is 1. The van der Waals surface area contributed by atoms with Crippen LogP contribution in [0.5, 0.6) is 0 Å². The van der Waals surface area contributed by atoms with Crippen molar-refractivity contribution in [3.8, 4) is 0 Å². The summed E-state index contributed by atoms with van der Waals surface area (Å²) < 4.78 is 5.80. The number of hydrogen-bond acceptors (Lipinski definition) is 3. The molecule has 1 saturated heterocycles. The average molecular weight is 351 g/mol. The monoisotopic (exact) mass is 351 g/mol. The third-order valence-corrected chi connectivity index (χ3v) is 4.99. The Kier molecular flexibility index (Phi) is 5.84. The predicted octanol–water partition coefficient (Wildman–Crippen LogP) is 3.87. The minimum Gasteiger partial charge on any atom is -0.370 e. The summed E-state index contributed by atoms with van der Waals surface area (Å²) >= 11 is 0. The molecule has 0 saturated carbocycles. The summed E-state index contributed by atoms with van der Waals surface area (Å²) in [6.07, 6.45) is 0.395. The van der Waals surface area contributed by atoms with Gasteiger partial charge in [-0.25, -0.2) is 0 Å². The van der Waals surface area contributed by atoms with Gasteiger partial charge in [0.1, 0.15) is 6.10 Å². The van der Waals surface area contributed by atoms with E-state index in [4.69, 9.17) is 4.74 Å². The molecule has 1 aliphatic rings. The Morgan fingerprint density at radius 1 is 1.04 bits per heavy atom. The summed E-state index contributed by atoms with van der Waals surface area (Å²) in [6.45, 7) is 5.67. The van der Waals surface area contributed by atoms with Crippen LogP contribution >= 0.6 is 0 Å². The normalized spacial score (nSPS) is 17.2. The lowest BCUT2D eigenvalue weighted by molar-refractivity contribution is -0.139. The van der Waals surface area contributed by atoms with E-state index < -0.39 is 0 Å². The van der Waals surface area contributed by atoms with E-state index in [1.165, 1.54) is 0 Å². The number of benzene rings is 2. The van der Waals surface area contributed by atoms with Crippen molar-refractivity contribution in [3.05, 3.63) is 70.8 Å². The molecule has 1 aliphatic heterocycles. The lowest BCUT2D eigenvalue weighted by atomic mass is 10.0. The van der Waals surface area contributed by atoms with Crippen molar-refractivity contribution in [2.24, 2.45) is 0 Å². The van der Waals surface area contributed by atoms with Gasteiger partial charge in [-0.3, -0.25) is 9.59 Å². The first-order valence-corrected chi connectivity index (χ1v) is 9.09. The molecule has 4 nitrogen and oxygen atoms in total. The maximum Gasteiger partial charge on any atom is 0.223 e. The Labute approximate surface area is 154 Å². The van der Waals surface area contributed by atoms with Gasteiger partial charge >= 0.3 is 0 Å². The van der Waals surface area contributed by atoms with Crippen LogP contribution in [0, 0.1) is 13.8 Å². The van der Waals surface area contributed by atoms with Crippen LogP contribution in [-0.2, 0) is 9.53 Å². The average Bonchev–Trinajstić information content (AvgIpc) is 2.68. The quantitative estimate of drug-likeness (QED) is 0.768. The van der Waals surface area contributed by atoms with Crippen molar-refractivity contribution in [1.82, 2.24) is 4.90 Å². The van der Waals surface area contributed by atoms with Crippen molar-refractivity contribution in [2.45, 2.75) is 32.8 Å². The van der Waals surface area contributed by atoms with Crippen molar-refractivity contribution in [2.75, 3.05) is 19.7 Å². The standard InChI is InChI=1S/C22H25NO3/c1-16-8-9-19(14-17(16)2)20(24)10-11-22(25)23-12-13-26-21(15-23)18-6-4-3-5-7-18/h3-9,14,21H,10-13,15H2,1-2H3. The number of carbonyl (C=O) groups is 2. The van der Waals surface area contributed by atoms with Gasteiger partial charge in [0.15, 0.2) is 5.78 Å². The van der Waals surface area contributed by atoms with Crippen LogP contribution in [-0.4, -0.2) is 36.3 Å². The van der Waals surface area contributed by atoms with E-state index in [0.29, 0.717) is 25.3 Å². The second-order valence-electron chi connectivity index (χ2n) is 6.83. The van der Waals surface area contributed by atoms with E-state index in [2.05, 4.69) is 0 Å². The van der Waals surface area contributed by atoms with Crippen molar-refractivity contribution >= 4 is 11.7 Å². The van der Waals surface area contributed by atoms with Gasteiger partial charge in [0, 0.05) is 24.9 Å². The topological polar surface area (TPSA) is 46.6 Å². The van der Waals surface area contributed by atoms with E-state index in [9.17, 15) is 9.59 Å². The van der Waals surface area contributed by atoms with Crippen molar-refractivity contribution in [1.29, 1.82) is 0 Å². The highest BCUT2D eigenvalue weighted by molar-refractivity contribution is 5.98. The van der Waals surface area contributed by atoms with Crippen molar-refractivity contribution < 1.29 is 14.3 Å². The number of rotatable bonds is 5. The smallest absolute Gasteiger partial charge is 0.223 e. The SMILES string of the molecule is Cc1ccc(C(=O)CCC(=O)N2CCOC(c3ccccc3)C2)cc1C. The molecular formula is C22H25NO3. The molecule has 1 fully saturated rings. The molecule has 136 valence electrons. The fourth-order valence-corrected chi connectivity index (χ4v) is 3.18. The molecule has 2 aromatic carbocycles. The van der Waals surface area contributed by atoms with E-state index in [1.807, 2.05) is 67.3 Å². The largest absolute Gasteiger partial charge is 0.370 e. The molecule has 4 heteroatoms. The molecule has 1 amide bonds. The Hall–Kier alpha value is -2.46. The molecule has 0 bridgehead atoms. The second-order valence-corrected chi connectivity index (χ2v) is 6.83. The van der Waals surface area contributed by atoms with E-state index in [1.54, 1.807) is 0 Å². The first-order valence-electron chi connectivity index (χ1n) is 9.09. The highest BCUT2D eigenvalue weighted by Gasteiger charge is 2.25. The van der Waals surface area contributed by atoms with Gasteiger partial charge in [-0.1, -0.05) is 42.5 Å². The number of nitrogens with zero attached hydrogens (tertiary/aromatic N) is 1. The number of amides is 1. The van der Waals surface area contributed by atoms with Crippen LogP contribution in [0.15, 0.2) is 48.5 Å². The zero-order chi connectivity index (χ0) is 18.5. The molecule has 1 unspecified atom stereocenters. The van der Waals surface area contributed by atoms with Gasteiger partial charge < -0.3 is 9.64 Å². The molecule has 0 spiro atoms. The van der Waals surface area contributed by atoms with E-state index in [0.717, 1.165) is 16.7 Å².